The molecule has 4 aromatic rings. The van der Waals surface area contributed by atoms with Crippen LogP contribution in [0.2, 0.25) is 5.02 Å². The molecule has 3 heterocycles. The Bertz CT molecular complexity index is 1370. The van der Waals surface area contributed by atoms with Crippen LogP contribution in [0.5, 0.6) is 0 Å². The summed E-state index contributed by atoms with van der Waals surface area (Å²) < 4.78 is 15.0. The summed E-state index contributed by atoms with van der Waals surface area (Å²) in [4.78, 5) is 15.0. The summed E-state index contributed by atoms with van der Waals surface area (Å²) in [6.07, 6.45) is 1.66. The number of carbonyl (C=O) groups is 1. The number of anilines is 1. The first-order valence-electron chi connectivity index (χ1n) is 11.7. The second-order valence-electron chi connectivity index (χ2n) is 8.94. The number of fused-ring (bicyclic) bond motifs is 1. The van der Waals surface area contributed by atoms with E-state index in [9.17, 15) is 9.18 Å². The number of aromatic nitrogens is 4. The quantitative estimate of drug-likeness (QED) is 0.435. The van der Waals surface area contributed by atoms with Crippen molar-refractivity contribution < 1.29 is 9.18 Å². The number of benzene rings is 2. The van der Waals surface area contributed by atoms with E-state index in [0.717, 1.165) is 52.9 Å². The molecule has 0 unspecified atom stereocenters. The zero-order valence-corrected chi connectivity index (χ0v) is 20.4. The van der Waals surface area contributed by atoms with E-state index in [2.05, 4.69) is 20.4 Å². The van der Waals surface area contributed by atoms with E-state index in [-0.39, 0.29) is 17.6 Å². The van der Waals surface area contributed by atoms with Gasteiger partial charge in [0.25, 0.3) is 0 Å². The van der Waals surface area contributed by atoms with Gasteiger partial charge in [-0.3, -0.25) is 4.79 Å². The van der Waals surface area contributed by atoms with Crippen LogP contribution in [0.25, 0.3) is 16.6 Å². The van der Waals surface area contributed by atoms with Gasteiger partial charge in [-0.25, -0.2) is 9.07 Å². The second kappa shape index (κ2) is 9.62. The van der Waals surface area contributed by atoms with Gasteiger partial charge in [-0.1, -0.05) is 23.7 Å². The molecule has 0 aliphatic carbocycles. The maximum absolute atomic E-state index is 13.1. The van der Waals surface area contributed by atoms with Crippen LogP contribution in [0, 0.1) is 25.6 Å². The van der Waals surface area contributed by atoms with Crippen LogP contribution >= 0.6 is 11.6 Å². The van der Waals surface area contributed by atoms with Gasteiger partial charge in [-0.15, -0.1) is 5.10 Å². The molecule has 0 bridgehead atoms. The molecule has 5 rings (SSSR count). The van der Waals surface area contributed by atoms with Gasteiger partial charge < -0.3 is 10.2 Å². The molecule has 1 fully saturated rings. The number of aryl methyl sites for hydroxylation is 2. The average molecular weight is 493 g/mol. The smallest absolute Gasteiger partial charge is 0.225 e. The first-order chi connectivity index (χ1) is 16.9. The van der Waals surface area contributed by atoms with E-state index in [1.807, 2.05) is 42.8 Å². The fraction of sp³-hybridized carbons (Fsp3) is 0.308. The second-order valence-corrected chi connectivity index (χ2v) is 9.37. The molecule has 2 aromatic carbocycles. The largest absolute Gasteiger partial charge is 0.352 e. The van der Waals surface area contributed by atoms with Crippen molar-refractivity contribution in [3.63, 3.8) is 0 Å². The summed E-state index contributed by atoms with van der Waals surface area (Å²) in [7, 11) is 0. The van der Waals surface area contributed by atoms with Gasteiger partial charge in [0.2, 0.25) is 5.91 Å². The molecule has 1 amide bonds. The number of rotatable bonds is 5. The summed E-state index contributed by atoms with van der Waals surface area (Å²) in [6.45, 7) is 5.64. The molecular formula is C26H26ClFN6O. The molecule has 1 atom stereocenters. The monoisotopic (exact) mass is 492 g/mol. The normalized spacial score (nSPS) is 16.0. The number of hydrogen-bond donors (Lipinski definition) is 1. The number of amides is 1. The molecule has 7 nitrogen and oxygen atoms in total. The van der Waals surface area contributed by atoms with E-state index in [1.165, 1.54) is 12.1 Å². The molecule has 9 heteroatoms. The van der Waals surface area contributed by atoms with Gasteiger partial charge >= 0.3 is 0 Å². The fourth-order valence-corrected chi connectivity index (χ4v) is 4.80. The van der Waals surface area contributed by atoms with Gasteiger partial charge in [-0.05, 0) is 68.7 Å². The lowest BCUT2D eigenvalue weighted by atomic mass is 9.97. The van der Waals surface area contributed by atoms with E-state index < -0.39 is 0 Å². The van der Waals surface area contributed by atoms with Crippen LogP contribution in [0.3, 0.4) is 0 Å². The zero-order valence-electron chi connectivity index (χ0n) is 19.6. The van der Waals surface area contributed by atoms with Gasteiger partial charge in [-0.2, -0.15) is 10.2 Å². The number of nitrogens with zero attached hydrogens (tertiary/aromatic N) is 5. The third-order valence-electron chi connectivity index (χ3n) is 6.53. The number of carbonyl (C=O) groups excluding carboxylic acids is 1. The van der Waals surface area contributed by atoms with Crippen molar-refractivity contribution in [3.05, 3.63) is 76.3 Å². The Hall–Kier alpha value is -3.52. The van der Waals surface area contributed by atoms with E-state index in [4.69, 9.17) is 16.7 Å². The Labute approximate surface area is 207 Å². The van der Waals surface area contributed by atoms with Crippen LogP contribution < -0.4 is 10.2 Å². The highest BCUT2D eigenvalue weighted by atomic mass is 35.5. The molecule has 0 radical (unpaired) electrons. The number of halogens is 2. The zero-order chi connectivity index (χ0) is 24.5. The van der Waals surface area contributed by atoms with Crippen molar-refractivity contribution in [2.45, 2.75) is 33.2 Å². The minimum absolute atomic E-state index is 0.0155. The van der Waals surface area contributed by atoms with Crippen molar-refractivity contribution in [2.24, 2.45) is 5.92 Å². The third-order valence-corrected chi connectivity index (χ3v) is 6.78. The highest BCUT2D eigenvalue weighted by Gasteiger charge is 2.29. The summed E-state index contributed by atoms with van der Waals surface area (Å²) in [5, 5.41) is 18.4. The topological polar surface area (TPSA) is 75.9 Å². The number of hydrogen-bond acceptors (Lipinski definition) is 5. The number of nitrogens with one attached hydrogen (secondary N) is 1. The molecule has 35 heavy (non-hydrogen) atoms. The van der Waals surface area contributed by atoms with Crippen molar-refractivity contribution in [1.29, 1.82) is 0 Å². The predicted molar refractivity (Wildman–Crippen MR) is 134 cm³/mol. The average Bonchev–Trinajstić information content (AvgIpc) is 3.22. The summed E-state index contributed by atoms with van der Waals surface area (Å²) in [6, 6.07) is 13.7. The first kappa shape index (κ1) is 23.2. The van der Waals surface area contributed by atoms with Crippen molar-refractivity contribution in [2.75, 3.05) is 18.0 Å². The van der Waals surface area contributed by atoms with E-state index in [1.54, 1.807) is 12.1 Å². The molecule has 180 valence electrons. The maximum Gasteiger partial charge on any atom is 0.225 e. The first-order valence-corrected chi connectivity index (χ1v) is 12.0. The Morgan fingerprint density at radius 2 is 1.86 bits per heavy atom. The molecule has 0 spiro atoms. The van der Waals surface area contributed by atoms with Gasteiger partial charge in [0.1, 0.15) is 11.3 Å². The Kier molecular flexibility index (Phi) is 6.38. The minimum atomic E-state index is -0.290. The van der Waals surface area contributed by atoms with Crippen molar-refractivity contribution >= 4 is 34.2 Å². The molecule has 1 aliphatic heterocycles. The molecular weight excluding hydrogens is 467 g/mol. The molecule has 1 aliphatic rings. The molecule has 0 saturated carbocycles. The Balaban J connectivity index is 1.39. The lowest BCUT2D eigenvalue weighted by Gasteiger charge is -2.32. The summed E-state index contributed by atoms with van der Waals surface area (Å²) >= 11 is 6.07. The minimum Gasteiger partial charge on any atom is -0.352 e. The van der Waals surface area contributed by atoms with E-state index in [0.29, 0.717) is 23.9 Å². The van der Waals surface area contributed by atoms with Crippen LogP contribution in [0.1, 0.15) is 29.8 Å². The van der Waals surface area contributed by atoms with Crippen LogP contribution in [-0.4, -0.2) is 39.0 Å². The van der Waals surface area contributed by atoms with Crippen LogP contribution in [-0.2, 0) is 11.3 Å². The number of piperidine rings is 1. The van der Waals surface area contributed by atoms with Gasteiger partial charge in [0, 0.05) is 24.7 Å². The van der Waals surface area contributed by atoms with Crippen LogP contribution in [0.4, 0.5) is 10.2 Å². The van der Waals surface area contributed by atoms with Crippen molar-refractivity contribution in [1.82, 2.24) is 25.3 Å². The molecule has 1 saturated heterocycles. The summed E-state index contributed by atoms with van der Waals surface area (Å²) in [5.74, 6) is 0.208. The lowest BCUT2D eigenvalue weighted by Crippen LogP contribution is -2.43. The Morgan fingerprint density at radius 3 is 2.60 bits per heavy atom. The van der Waals surface area contributed by atoms with Crippen molar-refractivity contribution in [3.8, 4) is 5.69 Å². The van der Waals surface area contributed by atoms with Crippen LogP contribution in [0.15, 0.2) is 48.5 Å². The van der Waals surface area contributed by atoms with E-state index >= 15 is 0 Å². The highest BCUT2D eigenvalue weighted by Crippen LogP contribution is 2.31. The SMILES string of the molecule is Cc1nnc(N2CCC[C@@H](C(=O)NCc3ccc(F)cc3)C2)c2nn(-c3ccc(Cl)cc3)c(C)c12. The van der Waals surface area contributed by atoms with Gasteiger partial charge in [0.15, 0.2) is 5.82 Å². The Morgan fingerprint density at radius 1 is 1.11 bits per heavy atom. The maximum atomic E-state index is 13.1. The highest BCUT2D eigenvalue weighted by molar-refractivity contribution is 6.30. The molecule has 1 N–H and O–H groups in total. The van der Waals surface area contributed by atoms with Gasteiger partial charge in [0.05, 0.1) is 28.4 Å². The standard InChI is InChI=1S/C26H26ClFN6O/c1-16-23-17(2)34(22-11-7-20(27)8-12-22)32-24(23)25(31-30-16)33-13-3-4-19(15-33)26(35)29-14-18-5-9-21(28)10-6-18/h5-12,19H,3-4,13-15H2,1-2H3,(H,29,35)/t19-/m1/s1. The summed E-state index contributed by atoms with van der Waals surface area (Å²) in [5.41, 5.74) is 4.33. The lowest BCUT2D eigenvalue weighted by molar-refractivity contribution is -0.125. The fourth-order valence-electron chi connectivity index (χ4n) is 4.68. The molecule has 2 aromatic heterocycles. The predicted octanol–water partition coefficient (Wildman–Crippen LogP) is 4.76. The third kappa shape index (κ3) is 4.71.